The molecule has 1 saturated heterocycles. The zero-order valence-corrected chi connectivity index (χ0v) is 24.4. The number of hydrogen-bond donors (Lipinski definition) is 2. The largest absolute Gasteiger partial charge is 0.465 e. The Morgan fingerprint density at radius 1 is 1.07 bits per heavy atom. The van der Waals surface area contributed by atoms with Gasteiger partial charge in [0.25, 0.3) is 5.91 Å². The third-order valence-corrected chi connectivity index (χ3v) is 8.90. The van der Waals surface area contributed by atoms with Gasteiger partial charge in [0.2, 0.25) is 0 Å². The molecule has 1 saturated carbocycles. The molecule has 0 radical (unpaired) electrons. The fraction of sp³-hybridized carbons (Fsp3) is 0.438. The van der Waals surface area contributed by atoms with Gasteiger partial charge in [-0.15, -0.1) is 0 Å². The number of carbonyl (C=O) groups is 2. The summed E-state index contributed by atoms with van der Waals surface area (Å²) in [6.45, 7) is 1.41. The summed E-state index contributed by atoms with van der Waals surface area (Å²) in [6, 6.07) is 16.9. The van der Waals surface area contributed by atoms with Crippen LogP contribution >= 0.6 is 0 Å². The Hall–Kier alpha value is -4.22. The molecular weight excluding hydrogens is 548 g/mol. The van der Waals surface area contributed by atoms with Crippen LogP contribution in [-0.2, 0) is 11.3 Å². The lowest BCUT2D eigenvalue weighted by Gasteiger charge is -2.41. The van der Waals surface area contributed by atoms with Crippen LogP contribution in [0.4, 0.5) is 4.79 Å². The van der Waals surface area contributed by atoms with Crippen molar-refractivity contribution in [1.82, 2.24) is 29.1 Å². The first-order valence-electron chi connectivity index (χ1n) is 14.9. The number of rotatable bonds is 8. The number of imidazole rings is 1. The molecule has 1 aliphatic carbocycles. The van der Waals surface area contributed by atoms with E-state index < -0.39 is 11.7 Å². The van der Waals surface area contributed by atoms with Crippen molar-refractivity contribution in [3.8, 4) is 11.3 Å². The Morgan fingerprint density at radius 3 is 2.63 bits per heavy atom. The molecule has 11 heteroatoms. The number of fused-ring (bicyclic) bond motifs is 1. The van der Waals surface area contributed by atoms with Gasteiger partial charge in [-0.1, -0.05) is 61.4 Å². The van der Waals surface area contributed by atoms with Gasteiger partial charge in [0.15, 0.2) is 5.69 Å². The average Bonchev–Trinajstić information content (AvgIpc) is 3.64. The lowest BCUT2D eigenvalue weighted by atomic mass is 9.80. The van der Waals surface area contributed by atoms with E-state index in [1.54, 1.807) is 18.3 Å². The first kappa shape index (κ1) is 28.9. The summed E-state index contributed by atoms with van der Waals surface area (Å²) in [4.78, 5) is 34.1. The Labute approximate surface area is 250 Å². The number of carbonyl (C=O) groups excluding carboxylic acids is 1. The Bertz CT molecular complexity index is 1550. The molecule has 2 aromatic heterocycles. The van der Waals surface area contributed by atoms with E-state index >= 15 is 0 Å². The van der Waals surface area contributed by atoms with Crippen molar-refractivity contribution in [3.05, 3.63) is 72.8 Å². The van der Waals surface area contributed by atoms with Gasteiger partial charge in [0, 0.05) is 50.4 Å². The molecule has 11 nitrogen and oxygen atoms in total. The number of methoxy groups -OCH3 is 1. The minimum absolute atomic E-state index is 0.190. The van der Waals surface area contributed by atoms with E-state index in [1.807, 2.05) is 70.0 Å². The van der Waals surface area contributed by atoms with Gasteiger partial charge in [0.05, 0.1) is 36.2 Å². The first-order valence-corrected chi connectivity index (χ1v) is 14.9. The summed E-state index contributed by atoms with van der Waals surface area (Å²) in [7, 11) is 1.59. The van der Waals surface area contributed by atoms with Gasteiger partial charge >= 0.3 is 6.09 Å². The SMILES string of the molecule is COC[C@]1(O)CCCC[C@H]1n1cnc(C(=O)N2CCN(C(=O)O)C[C@H]2CCn2cc3ccccc3n2)c1-c1ccccc1. The van der Waals surface area contributed by atoms with Crippen LogP contribution in [0.25, 0.3) is 22.2 Å². The number of benzene rings is 2. The number of aliphatic hydroxyl groups is 1. The number of hydrogen-bond acceptors (Lipinski definition) is 6. The van der Waals surface area contributed by atoms with E-state index in [0.29, 0.717) is 30.8 Å². The van der Waals surface area contributed by atoms with Crippen molar-refractivity contribution in [2.75, 3.05) is 33.4 Å². The molecule has 3 heterocycles. The average molecular weight is 587 g/mol. The van der Waals surface area contributed by atoms with Crippen molar-refractivity contribution >= 4 is 22.9 Å². The summed E-state index contributed by atoms with van der Waals surface area (Å²) in [5.41, 5.74) is 1.60. The van der Waals surface area contributed by atoms with Crippen LogP contribution in [-0.4, -0.2) is 96.3 Å². The molecule has 4 aromatic rings. The minimum Gasteiger partial charge on any atom is -0.465 e. The molecule has 2 N–H and O–H groups in total. The summed E-state index contributed by atoms with van der Waals surface area (Å²) in [5.74, 6) is -0.246. The molecule has 1 aliphatic heterocycles. The van der Waals surface area contributed by atoms with E-state index in [0.717, 1.165) is 35.7 Å². The fourth-order valence-electron chi connectivity index (χ4n) is 6.75. The van der Waals surface area contributed by atoms with Crippen LogP contribution in [0.15, 0.2) is 67.1 Å². The lowest BCUT2D eigenvalue weighted by molar-refractivity contribution is -0.0893. The number of nitrogens with zero attached hydrogens (tertiary/aromatic N) is 6. The summed E-state index contributed by atoms with van der Waals surface area (Å²) in [5, 5.41) is 27.1. The molecule has 2 fully saturated rings. The highest BCUT2D eigenvalue weighted by Gasteiger charge is 2.43. The van der Waals surface area contributed by atoms with Crippen LogP contribution < -0.4 is 0 Å². The number of aryl methyl sites for hydroxylation is 1. The molecule has 0 spiro atoms. The monoisotopic (exact) mass is 586 g/mol. The second-order valence-electron chi connectivity index (χ2n) is 11.6. The quantitative estimate of drug-likeness (QED) is 0.316. The standard InChI is InChI=1S/C32H38N6O5/c1-43-21-32(42)15-8-7-13-27(32)38-22-33-28(29(38)23-9-3-2-4-10-23)30(39)37-18-17-35(31(40)41)20-25(37)14-16-36-19-24-11-5-6-12-26(24)34-36/h2-6,9-12,19,22,25,27,42H,7-8,13-18,20-21H2,1H3,(H,40,41)/t25-,27-,32-/m1/s1. The smallest absolute Gasteiger partial charge is 0.407 e. The highest BCUT2D eigenvalue weighted by atomic mass is 16.5. The molecule has 226 valence electrons. The molecule has 2 aliphatic rings. The van der Waals surface area contributed by atoms with Gasteiger partial charge in [-0.2, -0.15) is 5.10 Å². The van der Waals surface area contributed by atoms with Gasteiger partial charge in [-0.05, 0) is 25.3 Å². The molecule has 2 amide bonds. The Morgan fingerprint density at radius 2 is 1.86 bits per heavy atom. The third kappa shape index (κ3) is 5.74. The van der Waals surface area contributed by atoms with Gasteiger partial charge in [-0.25, -0.2) is 9.78 Å². The number of carboxylic acid groups (broad SMARTS) is 1. The van der Waals surface area contributed by atoms with E-state index in [9.17, 15) is 19.8 Å². The zero-order valence-electron chi connectivity index (χ0n) is 24.4. The van der Waals surface area contributed by atoms with Crippen molar-refractivity contribution in [2.24, 2.45) is 0 Å². The third-order valence-electron chi connectivity index (χ3n) is 8.90. The zero-order chi connectivity index (χ0) is 30.0. The van der Waals surface area contributed by atoms with Crippen molar-refractivity contribution < 1.29 is 24.5 Å². The molecule has 0 bridgehead atoms. The highest BCUT2D eigenvalue weighted by molar-refractivity contribution is 5.98. The van der Waals surface area contributed by atoms with E-state index in [2.05, 4.69) is 10.1 Å². The molecule has 3 atom stereocenters. The van der Waals surface area contributed by atoms with Gasteiger partial charge in [-0.3, -0.25) is 9.48 Å². The summed E-state index contributed by atoms with van der Waals surface area (Å²) < 4.78 is 9.25. The topological polar surface area (TPSA) is 126 Å². The van der Waals surface area contributed by atoms with E-state index in [-0.39, 0.29) is 44.2 Å². The molecule has 2 aromatic carbocycles. The van der Waals surface area contributed by atoms with Crippen molar-refractivity contribution in [3.63, 3.8) is 0 Å². The van der Waals surface area contributed by atoms with Crippen LogP contribution in [0.2, 0.25) is 0 Å². The van der Waals surface area contributed by atoms with Crippen LogP contribution in [0.3, 0.4) is 0 Å². The highest BCUT2D eigenvalue weighted by Crippen LogP contribution is 2.41. The van der Waals surface area contributed by atoms with E-state index in [1.165, 1.54) is 4.90 Å². The minimum atomic E-state index is -1.08. The lowest BCUT2D eigenvalue weighted by Crippen LogP contribution is -2.56. The van der Waals surface area contributed by atoms with Crippen molar-refractivity contribution in [1.29, 1.82) is 0 Å². The number of ether oxygens (including phenoxy) is 1. The van der Waals surface area contributed by atoms with Crippen molar-refractivity contribution in [2.45, 2.75) is 56.3 Å². The maximum Gasteiger partial charge on any atom is 0.407 e. The maximum atomic E-state index is 14.4. The Balaban J connectivity index is 1.33. The molecule has 0 unspecified atom stereocenters. The van der Waals surface area contributed by atoms with Crippen LogP contribution in [0.1, 0.15) is 48.6 Å². The normalized spacial score (nSPS) is 22.7. The molecule has 43 heavy (non-hydrogen) atoms. The van der Waals surface area contributed by atoms with Crippen LogP contribution in [0.5, 0.6) is 0 Å². The maximum absolute atomic E-state index is 14.4. The van der Waals surface area contributed by atoms with Gasteiger partial charge in [0.1, 0.15) is 5.60 Å². The first-order chi connectivity index (χ1) is 20.9. The number of piperazine rings is 1. The predicted octanol–water partition coefficient (Wildman–Crippen LogP) is 4.29. The molecular formula is C32H38N6O5. The molecule has 6 rings (SSSR count). The second kappa shape index (κ2) is 12.2. The number of amides is 2. The number of aromatic nitrogens is 4. The second-order valence-corrected chi connectivity index (χ2v) is 11.6. The van der Waals surface area contributed by atoms with Gasteiger partial charge < -0.3 is 29.3 Å². The predicted molar refractivity (Wildman–Crippen MR) is 161 cm³/mol. The Kier molecular flexibility index (Phi) is 8.18. The fourth-order valence-corrected chi connectivity index (χ4v) is 6.75. The summed E-state index contributed by atoms with van der Waals surface area (Å²) >= 11 is 0. The summed E-state index contributed by atoms with van der Waals surface area (Å²) in [6.07, 6.45) is 6.37. The van der Waals surface area contributed by atoms with Crippen LogP contribution in [0, 0.1) is 0 Å². The van der Waals surface area contributed by atoms with E-state index in [4.69, 9.17) is 4.74 Å².